The molecular formula is C24H22ClN3O4S. The van der Waals surface area contributed by atoms with Crippen molar-refractivity contribution in [3.8, 4) is 0 Å². The SMILES string of the molecule is Cc1ccc(NS(=O)(=O)c2ccc(NC(=O)C3CC(=O)N(c4ccc(Cl)cc4)C3)cc2)cc1. The summed E-state index contributed by atoms with van der Waals surface area (Å²) in [6.07, 6.45) is 0.0986. The molecule has 2 amide bonds. The number of hydrogen-bond donors (Lipinski definition) is 2. The van der Waals surface area contributed by atoms with Crippen molar-refractivity contribution in [3.63, 3.8) is 0 Å². The third-order valence-corrected chi connectivity index (χ3v) is 7.02. The first kappa shape index (κ1) is 22.8. The van der Waals surface area contributed by atoms with Crippen molar-refractivity contribution in [2.24, 2.45) is 5.92 Å². The Morgan fingerprint density at radius 1 is 0.939 bits per heavy atom. The van der Waals surface area contributed by atoms with Gasteiger partial charge in [-0.2, -0.15) is 0 Å². The van der Waals surface area contributed by atoms with Crippen LogP contribution in [0.25, 0.3) is 0 Å². The van der Waals surface area contributed by atoms with E-state index >= 15 is 0 Å². The summed E-state index contributed by atoms with van der Waals surface area (Å²) in [5.74, 6) is -0.950. The van der Waals surface area contributed by atoms with Crippen molar-refractivity contribution in [1.29, 1.82) is 0 Å². The minimum absolute atomic E-state index is 0.0750. The second-order valence-electron chi connectivity index (χ2n) is 7.87. The molecule has 1 atom stereocenters. The van der Waals surface area contributed by atoms with Crippen molar-refractivity contribution in [3.05, 3.63) is 83.4 Å². The first-order chi connectivity index (χ1) is 15.7. The van der Waals surface area contributed by atoms with Crippen LogP contribution in [0, 0.1) is 12.8 Å². The molecule has 7 nitrogen and oxygen atoms in total. The van der Waals surface area contributed by atoms with Crippen LogP contribution < -0.4 is 14.9 Å². The molecule has 1 aliphatic heterocycles. The molecule has 0 saturated carbocycles. The quantitative estimate of drug-likeness (QED) is 0.541. The van der Waals surface area contributed by atoms with E-state index in [1.165, 1.54) is 24.3 Å². The zero-order valence-corrected chi connectivity index (χ0v) is 19.4. The normalized spacial score (nSPS) is 16.0. The minimum Gasteiger partial charge on any atom is -0.326 e. The van der Waals surface area contributed by atoms with Crippen molar-refractivity contribution in [2.45, 2.75) is 18.2 Å². The summed E-state index contributed by atoms with van der Waals surface area (Å²) >= 11 is 5.90. The Morgan fingerprint density at radius 2 is 1.55 bits per heavy atom. The van der Waals surface area contributed by atoms with E-state index in [1.807, 2.05) is 19.1 Å². The molecule has 1 heterocycles. The van der Waals surface area contributed by atoms with Crippen LogP contribution in [0.5, 0.6) is 0 Å². The molecule has 2 N–H and O–H groups in total. The predicted molar refractivity (Wildman–Crippen MR) is 129 cm³/mol. The average Bonchev–Trinajstić information content (AvgIpc) is 3.18. The smallest absolute Gasteiger partial charge is 0.261 e. The second kappa shape index (κ2) is 9.25. The van der Waals surface area contributed by atoms with Gasteiger partial charge in [0.2, 0.25) is 11.8 Å². The van der Waals surface area contributed by atoms with Crippen LogP contribution >= 0.6 is 11.6 Å². The summed E-state index contributed by atoms with van der Waals surface area (Å²) in [6, 6.07) is 19.8. The van der Waals surface area contributed by atoms with Gasteiger partial charge in [-0.25, -0.2) is 8.42 Å². The lowest BCUT2D eigenvalue weighted by molar-refractivity contribution is -0.122. The van der Waals surface area contributed by atoms with Crippen LogP contribution in [0.1, 0.15) is 12.0 Å². The molecule has 170 valence electrons. The van der Waals surface area contributed by atoms with Crippen molar-refractivity contribution < 1.29 is 18.0 Å². The molecule has 33 heavy (non-hydrogen) atoms. The maximum Gasteiger partial charge on any atom is 0.261 e. The molecule has 1 fully saturated rings. The van der Waals surface area contributed by atoms with E-state index < -0.39 is 15.9 Å². The summed E-state index contributed by atoms with van der Waals surface area (Å²) in [4.78, 5) is 26.7. The number of sulfonamides is 1. The molecule has 3 aromatic rings. The highest BCUT2D eigenvalue weighted by Crippen LogP contribution is 2.27. The van der Waals surface area contributed by atoms with Crippen LogP contribution in [-0.4, -0.2) is 26.8 Å². The van der Waals surface area contributed by atoms with Gasteiger partial charge < -0.3 is 10.2 Å². The van der Waals surface area contributed by atoms with E-state index in [0.717, 1.165) is 5.56 Å². The molecule has 1 unspecified atom stereocenters. The number of anilines is 3. The van der Waals surface area contributed by atoms with Gasteiger partial charge in [0.1, 0.15) is 0 Å². The second-order valence-corrected chi connectivity index (χ2v) is 9.99. The van der Waals surface area contributed by atoms with Crippen LogP contribution in [0.2, 0.25) is 5.02 Å². The van der Waals surface area contributed by atoms with Gasteiger partial charge in [0.05, 0.1) is 10.8 Å². The fourth-order valence-corrected chi connectivity index (χ4v) is 4.74. The fourth-order valence-electron chi connectivity index (χ4n) is 3.55. The fraction of sp³-hybridized carbons (Fsp3) is 0.167. The lowest BCUT2D eigenvalue weighted by Gasteiger charge is -2.17. The van der Waals surface area contributed by atoms with Gasteiger partial charge in [0.15, 0.2) is 0 Å². The zero-order valence-electron chi connectivity index (χ0n) is 17.8. The predicted octanol–water partition coefficient (Wildman–Crippen LogP) is 4.44. The number of halogens is 1. The Labute approximate surface area is 197 Å². The number of nitrogens with one attached hydrogen (secondary N) is 2. The standard InChI is InChI=1S/C24H22ClN3O4S/c1-16-2-6-20(7-3-16)27-33(31,32)22-12-8-19(9-13-22)26-24(30)17-14-23(29)28(15-17)21-10-4-18(25)5-11-21/h2-13,17,27H,14-15H2,1H3,(H,26,30). The summed E-state index contributed by atoms with van der Waals surface area (Å²) in [5.41, 5.74) is 2.63. The summed E-state index contributed by atoms with van der Waals surface area (Å²) < 4.78 is 27.7. The van der Waals surface area contributed by atoms with E-state index in [4.69, 9.17) is 11.6 Å². The molecule has 0 radical (unpaired) electrons. The highest BCUT2D eigenvalue weighted by Gasteiger charge is 2.35. The minimum atomic E-state index is -3.76. The highest BCUT2D eigenvalue weighted by atomic mass is 35.5. The summed E-state index contributed by atoms with van der Waals surface area (Å²) in [6.45, 7) is 2.18. The lowest BCUT2D eigenvalue weighted by atomic mass is 10.1. The Hall–Kier alpha value is -3.36. The van der Waals surface area contributed by atoms with E-state index in [-0.39, 0.29) is 29.7 Å². The molecule has 3 aromatic carbocycles. The molecule has 1 saturated heterocycles. The molecule has 4 rings (SSSR count). The molecule has 0 spiro atoms. The van der Waals surface area contributed by atoms with E-state index in [0.29, 0.717) is 22.1 Å². The number of hydrogen-bond acceptors (Lipinski definition) is 4. The number of rotatable bonds is 6. The monoisotopic (exact) mass is 483 g/mol. The van der Waals surface area contributed by atoms with Gasteiger partial charge in [-0.15, -0.1) is 0 Å². The maximum atomic E-state index is 12.7. The third-order valence-electron chi connectivity index (χ3n) is 5.37. The van der Waals surface area contributed by atoms with Gasteiger partial charge in [0, 0.05) is 35.1 Å². The molecule has 0 aromatic heterocycles. The first-order valence-corrected chi connectivity index (χ1v) is 12.1. The van der Waals surface area contributed by atoms with Gasteiger partial charge in [0.25, 0.3) is 10.0 Å². The van der Waals surface area contributed by atoms with Crippen LogP contribution in [0.15, 0.2) is 77.7 Å². The molecule has 9 heteroatoms. The molecule has 1 aliphatic rings. The molecule has 0 aliphatic carbocycles. The number of carbonyl (C=O) groups is 2. The van der Waals surface area contributed by atoms with Crippen LogP contribution in [0.4, 0.5) is 17.1 Å². The molecule has 0 bridgehead atoms. The third kappa shape index (κ3) is 5.35. The maximum absolute atomic E-state index is 12.7. The van der Waals surface area contributed by atoms with Gasteiger partial charge >= 0.3 is 0 Å². The van der Waals surface area contributed by atoms with Crippen molar-refractivity contribution in [2.75, 3.05) is 21.5 Å². The number of nitrogens with zero attached hydrogens (tertiary/aromatic N) is 1. The van der Waals surface area contributed by atoms with Gasteiger partial charge in [-0.05, 0) is 67.6 Å². The van der Waals surface area contributed by atoms with Crippen molar-refractivity contribution >= 4 is 50.5 Å². The van der Waals surface area contributed by atoms with E-state index in [1.54, 1.807) is 41.3 Å². The van der Waals surface area contributed by atoms with Gasteiger partial charge in [-0.1, -0.05) is 29.3 Å². The van der Waals surface area contributed by atoms with E-state index in [2.05, 4.69) is 10.0 Å². The Kier molecular flexibility index (Phi) is 6.40. The van der Waals surface area contributed by atoms with Crippen molar-refractivity contribution in [1.82, 2.24) is 0 Å². The summed E-state index contributed by atoms with van der Waals surface area (Å²) in [5, 5.41) is 3.33. The number of benzene rings is 3. The topological polar surface area (TPSA) is 95.6 Å². The number of carbonyl (C=O) groups excluding carboxylic acids is 2. The highest BCUT2D eigenvalue weighted by molar-refractivity contribution is 7.92. The Balaban J connectivity index is 1.39. The molecular weight excluding hydrogens is 462 g/mol. The lowest BCUT2D eigenvalue weighted by Crippen LogP contribution is -2.28. The van der Waals surface area contributed by atoms with Crippen LogP contribution in [-0.2, 0) is 19.6 Å². The van der Waals surface area contributed by atoms with Crippen LogP contribution in [0.3, 0.4) is 0 Å². The Morgan fingerprint density at radius 3 is 2.18 bits per heavy atom. The van der Waals surface area contributed by atoms with Gasteiger partial charge in [-0.3, -0.25) is 14.3 Å². The van der Waals surface area contributed by atoms with E-state index in [9.17, 15) is 18.0 Å². The Bertz CT molecular complexity index is 1270. The zero-order chi connectivity index (χ0) is 23.6. The first-order valence-electron chi connectivity index (χ1n) is 10.3. The average molecular weight is 484 g/mol. The number of amides is 2. The summed E-state index contributed by atoms with van der Waals surface area (Å²) in [7, 11) is -3.76. The largest absolute Gasteiger partial charge is 0.326 e. The number of aryl methyl sites for hydroxylation is 1.